The number of sulfonamides is 1. The number of carbonyl (C=O) groups excluding carboxylic acids is 1. The Bertz CT molecular complexity index is 1020. The van der Waals surface area contributed by atoms with Gasteiger partial charge >= 0.3 is 0 Å². The van der Waals surface area contributed by atoms with E-state index in [1.807, 2.05) is 4.83 Å². The molecule has 0 radical (unpaired) electrons. The molecule has 0 spiro atoms. The molecule has 1 aromatic carbocycles. The number of aromatic nitrogens is 4. The van der Waals surface area contributed by atoms with Crippen LogP contribution in [-0.4, -0.2) is 41.5 Å². The van der Waals surface area contributed by atoms with Gasteiger partial charge in [-0.1, -0.05) is 5.16 Å². The molecule has 0 bridgehead atoms. The maximum Gasteiger partial charge on any atom is 0.257 e. The second-order valence-corrected chi connectivity index (χ2v) is 6.79. The van der Waals surface area contributed by atoms with Crippen molar-refractivity contribution < 1.29 is 22.5 Å². The zero-order valence-corrected chi connectivity index (χ0v) is 14.8. The van der Waals surface area contributed by atoms with Crippen molar-refractivity contribution in [3.8, 4) is 17.3 Å². The molecule has 2 aromatic heterocycles. The molecule has 0 aliphatic rings. The lowest BCUT2D eigenvalue weighted by Crippen LogP contribution is -2.42. The molecule has 0 saturated heterocycles. The number of rotatable bonds is 7. The van der Waals surface area contributed by atoms with Crippen molar-refractivity contribution in [2.24, 2.45) is 0 Å². The summed E-state index contributed by atoms with van der Waals surface area (Å²) in [7, 11) is -2.47. The van der Waals surface area contributed by atoms with E-state index in [0.717, 1.165) is 0 Å². The summed E-state index contributed by atoms with van der Waals surface area (Å²) in [4.78, 5) is 25.8. The van der Waals surface area contributed by atoms with E-state index < -0.39 is 15.9 Å². The third-order valence-corrected chi connectivity index (χ3v) is 4.53. The number of amides is 1. The number of methoxy groups -OCH3 is 1. The summed E-state index contributed by atoms with van der Waals surface area (Å²) in [6, 6.07) is 5.67. The SMILES string of the molecule is COc1ccc(S(=O)(=O)NNC(=O)Cc2nc(-c3cnccn3)no2)cc1. The Morgan fingerprint density at radius 1 is 1.22 bits per heavy atom. The largest absolute Gasteiger partial charge is 0.497 e. The molecule has 11 nitrogen and oxygen atoms in total. The Labute approximate surface area is 153 Å². The molecular weight excluding hydrogens is 376 g/mol. The van der Waals surface area contributed by atoms with Crippen LogP contribution in [0.4, 0.5) is 0 Å². The van der Waals surface area contributed by atoms with Crippen LogP contribution in [-0.2, 0) is 21.2 Å². The first-order valence-electron chi connectivity index (χ1n) is 7.51. The minimum atomic E-state index is -3.93. The van der Waals surface area contributed by atoms with E-state index in [9.17, 15) is 13.2 Å². The maximum absolute atomic E-state index is 12.1. The maximum atomic E-state index is 12.1. The van der Waals surface area contributed by atoms with Gasteiger partial charge in [-0.2, -0.15) is 4.98 Å². The fourth-order valence-corrected chi connectivity index (χ4v) is 2.83. The molecule has 0 atom stereocenters. The standard InChI is InChI=1S/C15H14N6O5S/c1-25-10-2-4-11(5-3-10)27(23,24)21-19-13(22)8-14-18-15(20-26-14)12-9-16-6-7-17-12/h2-7,9,21H,8H2,1H3,(H,19,22). The zero-order chi connectivity index (χ0) is 19.3. The monoisotopic (exact) mass is 390 g/mol. The number of nitrogens with one attached hydrogen (secondary N) is 2. The third-order valence-electron chi connectivity index (χ3n) is 3.27. The fourth-order valence-electron chi connectivity index (χ4n) is 1.96. The number of carbonyl (C=O) groups is 1. The third kappa shape index (κ3) is 4.62. The summed E-state index contributed by atoms with van der Waals surface area (Å²) in [6.07, 6.45) is 4.08. The number of benzene rings is 1. The lowest BCUT2D eigenvalue weighted by atomic mass is 10.3. The summed E-state index contributed by atoms with van der Waals surface area (Å²) in [5.74, 6) is -0.00349. The number of hydrogen-bond donors (Lipinski definition) is 2. The van der Waals surface area contributed by atoms with Gasteiger partial charge < -0.3 is 9.26 Å². The van der Waals surface area contributed by atoms with Crippen molar-refractivity contribution in [2.75, 3.05) is 7.11 Å². The topological polar surface area (TPSA) is 149 Å². The molecule has 2 N–H and O–H groups in total. The van der Waals surface area contributed by atoms with Gasteiger partial charge in [-0.3, -0.25) is 15.2 Å². The predicted octanol–water partition coefficient (Wildman–Crippen LogP) is 0.0874. The van der Waals surface area contributed by atoms with Crippen LogP contribution in [0.3, 0.4) is 0 Å². The lowest BCUT2D eigenvalue weighted by molar-refractivity contribution is -0.121. The molecule has 3 aromatic rings. The molecule has 3 rings (SSSR count). The molecule has 140 valence electrons. The van der Waals surface area contributed by atoms with Crippen molar-refractivity contribution in [1.29, 1.82) is 0 Å². The van der Waals surface area contributed by atoms with E-state index in [1.165, 1.54) is 50.0 Å². The van der Waals surface area contributed by atoms with Crippen LogP contribution in [0.5, 0.6) is 5.75 Å². The molecule has 2 heterocycles. The van der Waals surface area contributed by atoms with Gasteiger partial charge in [0.15, 0.2) is 0 Å². The number of nitrogens with zero attached hydrogens (tertiary/aromatic N) is 4. The quantitative estimate of drug-likeness (QED) is 0.535. The van der Waals surface area contributed by atoms with Gasteiger partial charge in [0, 0.05) is 12.4 Å². The molecule has 1 amide bonds. The molecule has 0 aliphatic carbocycles. The van der Waals surface area contributed by atoms with Crippen molar-refractivity contribution >= 4 is 15.9 Å². The van der Waals surface area contributed by atoms with E-state index in [2.05, 4.69) is 25.5 Å². The molecule has 0 unspecified atom stereocenters. The summed E-state index contributed by atoms with van der Waals surface area (Å²) >= 11 is 0. The van der Waals surface area contributed by atoms with Crippen LogP contribution in [0, 0.1) is 0 Å². The summed E-state index contributed by atoms with van der Waals surface area (Å²) in [6.45, 7) is 0. The molecular formula is C15H14N6O5S. The highest BCUT2D eigenvalue weighted by Crippen LogP contribution is 2.15. The van der Waals surface area contributed by atoms with E-state index in [-0.39, 0.29) is 23.0 Å². The second kappa shape index (κ2) is 7.88. The molecule has 0 aliphatic heterocycles. The summed E-state index contributed by atoms with van der Waals surface area (Å²) in [5, 5.41) is 3.69. The second-order valence-electron chi connectivity index (χ2n) is 5.11. The minimum absolute atomic E-state index is 0.00296. The Balaban J connectivity index is 1.58. The molecule has 0 saturated carbocycles. The van der Waals surface area contributed by atoms with Gasteiger partial charge in [-0.25, -0.2) is 13.4 Å². The zero-order valence-electron chi connectivity index (χ0n) is 14.0. The van der Waals surface area contributed by atoms with Gasteiger partial charge in [0.05, 0.1) is 18.2 Å². The Kier molecular flexibility index (Phi) is 5.38. The predicted molar refractivity (Wildman–Crippen MR) is 90.5 cm³/mol. The lowest BCUT2D eigenvalue weighted by Gasteiger charge is -2.08. The number of hydrogen-bond acceptors (Lipinski definition) is 9. The summed E-state index contributed by atoms with van der Waals surface area (Å²) < 4.78 is 34.2. The first-order valence-corrected chi connectivity index (χ1v) is 9.00. The van der Waals surface area contributed by atoms with Crippen molar-refractivity contribution in [2.45, 2.75) is 11.3 Å². The van der Waals surface area contributed by atoms with Crippen molar-refractivity contribution in [3.05, 3.63) is 48.7 Å². The number of ether oxygens (including phenoxy) is 1. The van der Waals surface area contributed by atoms with Crippen LogP contribution < -0.4 is 15.0 Å². The smallest absolute Gasteiger partial charge is 0.257 e. The van der Waals surface area contributed by atoms with Gasteiger partial charge in [0.25, 0.3) is 10.0 Å². The van der Waals surface area contributed by atoms with Crippen LogP contribution in [0.1, 0.15) is 5.89 Å². The van der Waals surface area contributed by atoms with Crippen LogP contribution in [0.15, 0.2) is 52.3 Å². The van der Waals surface area contributed by atoms with Gasteiger partial charge in [-0.15, -0.1) is 4.83 Å². The average Bonchev–Trinajstić information content (AvgIpc) is 3.16. The fraction of sp³-hybridized carbons (Fsp3) is 0.133. The van der Waals surface area contributed by atoms with Crippen molar-refractivity contribution in [3.63, 3.8) is 0 Å². The van der Waals surface area contributed by atoms with E-state index in [1.54, 1.807) is 0 Å². The van der Waals surface area contributed by atoms with Gasteiger partial charge in [-0.05, 0) is 24.3 Å². The Hall–Kier alpha value is -3.38. The Morgan fingerprint density at radius 3 is 2.67 bits per heavy atom. The molecule has 27 heavy (non-hydrogen) atoms. The van der Waals surface area contributed by atoms with Crippen molar-refractivity contribution in [1.82, 2.24) is 30.4 Å². The van der Waals surface area contributed by atoms with E-state index in [0.29, 0.717) is 11.4 Å². The summed E-state index contributed by atoms with van der Waals surface area (Å²) in [5.41, 5.74) is 2.47. The molecule has 0 fully saturated rings. The van der Waals surface area contributed by atoms with E-state index in [4.69, 9.17) is 9.26 Å². The van der Waals surface area contributed by atoms with Crippen LogP contribution >= 0.6 is 0 Å². The highest BCUT2D eigenvalue weighted by atomic mass is 32.2. The first kappa shape index (κ1) is 18.4. The van der Waals surface area contributed by atoms with Gasteiger partial charge in [0.1, 0.15) is 17.9 Å². The number of hydrazine groups is 1. The van der Waals surface area contributed by atoms with E-state index >= 15 is 0 Å². The average molecular weight is 390 g/mol. The highest BCUT2D eigenvalue weighted by molar-refractivity contribution is 7.89. The molecule has 12 heteroatoms. The van der Waals surface area contributed by atoms with Crippen LogP contribution in [0.25, 0.3) is 11.5 Å². The first-order chi connectivity index (χ1) is 13.0. The van der Waals surface area contributed by atoms with Crippen LogP contribution in [0.2, 0.25) is 0 Å². The van der Waals surface area contributed by atoms with Gasteiger partial charge in [0.2, 0.25) is 17.6 Å². The normalized spacial score (nSPS) is 11.1. The highest BCUT2D eigenvalue weighted by Gasteiger charge is 2.17. The Morgan fingerprint density at radius 2 is 2.00 bits per heavy atom. The minimum Gasteiger partial charge on any atom is -0.497 e.